The van der Waals surface area contributed by atoms with E-state index >= 15 is 0 Å². The topological polar surface area (TPSA) is 29.1 Å². The summed E-state index contributed by atoms with van der Waals surface area (Å²) >= 11 is 0. The normalized spacial score (nSPS) is 10.3. The van der Waals surface area contributed by atoms with Crippen LogP contribution < -0.4 is 5.32 Å². The maximum absolute atomic E-state index is 11.4. The van der Waals surface area contributed by atoms with Crippen LogP contribution in [0, 0.1) is 0 Å². The van der Waals surface area contributed by atoms with E-state index in [1.165, 1.54) is 12.5 Å². The highest BCUT2D eigenvalue weighted by atomic mass is 16.1. The van der Waals surface area contributed by atoms with Gasteiger partial charge in [-0.3, -0.25) is 4.79 Å². The summed E-state index contributed by atoms with van der Waals surface area (Å²) in [4.78, 5) is 11.4. The summed E-state index contributed by atoms with van der Waals surface area (Å²) < 4.78 is 0. The largest absolute Gasteiger partial charge is 0.326 e. The van der Waals surface area contributed by atoms with Crippen molar-refractivity contribution in [1.29, 1.82) is 0 Å². The average molecular weight is 389 g/mol. The molecule has 146 valence electrons. The molecule has 0 fully saturated rings. The van der Waals surface area contributed by atoms with Gasteiger partial charge in [0.05, 0.1) is 0 Å². The van der Waals surface area contributed by atoms with E-state index < -0.39 is 0 Å². The van der Waals surface area contributed by atoms with Crippen LogP contribution >= 0.6 is 0 Å². The molecule has 4 rings (SSSR count). The van der Waals surface area contributed by atoms with Crippen molar-refractivity contribution in [3.8, 4) is 0 Å². The van der Waals surface area contributed by atoms with Gasteiger partial charge in [-0.25, -0.2) is 0 Å². The molecule has 2 nitrogen and oxygen atoms in total. The molecule has 0 aliphatic rings. The van der Waals surface area contributed by atoms with Crippen LogP contribution in [0.4, 0.5) is 5.69 Å². The van der Waals surface area contributed by atoms with Gasteiger partial charge < -0.3 is 5.32 Å². The molecule has 4 aromatic carbocycles. The van der Waals surface area contributed by atoms with Crippen molar-refractivity contribution >= 4 is 22.7 Å². The fraction of sp³-hybridized carbons (Fsp3) is 0.0357. The molecule has 0 saturated carbocycles. The number of anilines is 1. The highest BCUT2D eigenvalue weighted by molar-refractivity contribution is 6.04. The quantitative estimate of drug-likeness (QED) is 0.380. The molecule has 0 heterocycles. The Bertz CT molecular complexity index is 1100. The Morgan fingerprint density at radius 3 is 1.17 bits per heavy atom. The third kappa shape index (κ3) is 4.39. The van der Waals surface area contributed by atoms with Crippen LogP contribution in [0.3, 0.4) is 0 Å². The molecule has 30 heavy (non-hydrogen) atoms. The molecule has 0 radical (unpaired) electrons. The minimum Gasteiger partial charge on any atom is -0.326 e. The van der Waals surface area contributed by atoms with Crippen molar-refractivity contribution in [1.82, 2.24) is 0 Å². The van der Waals surface area contributed by atoms with E-state index in [2.05, 4.69) is 90.2 Å². The smallest absolute Gasteiger partial charge is 0.221 e. The van der Waals surface area contributed by atoms with Crippen molar-refractivity contribution in [3.05, 3.63) is 138 Å². The Hall–Kier alpha value is -3.91. The summed E-state index contributed by atoms with van der Waals surface area (Å²) in [6, 6.07) is 39.4. The highest BCUT2D eigenvalue weighted by Gasteiger charge is 2.15. The van der Waals surface area contributed by atoms with Gasteiger partial charge >= 0.3 is 0 Å². The fourth-order valence-corrected chi connectivity index (χ4v) is 3.65. The molecular formula is C28H23NO. The fourth-order valence-electron chi connectivity index (χ4n) is 3.65. The molecule has 0 aromatic heterocycles. The third-order valence-corrected chi connectivity index (χ3v) is 4.93. The minimum atomic E-state index is -0.0733. The predicted molar refractivity (Wildman–Crippen MR) is 125 cm³/mol. The zero-order valence-electron chi connectivity index (χ0n) is 16.9. The zero-order chi connectivity index (χ0) is 20.8. The van der Waals surface area contributed by atoms with Crippen molar-refractivity contribution < 1.29 is 4.79 Å². The molecule has 0 bridgehead atoms. The second kappa shape index (κ2) is 9.06. The molecule has 0 atom stereocenters. The Labute approximate surface area is 177 Å². The van der Waals surface area contributed by atoms with E-state index in [1.54, 1.807) is 0 Å². The third-order valence-electron chi connectivity index (χ3n) is 4.93. The highest BCUT2D eigenvalue weighted by Crippen LogP contribution is 2.37. The van der Waals surface area contributed by atoms with E-state index in [9.17, 15) is 4.79 Å². The lowest BCUT2D eigenvalue weighted by atomic mass is 9.86. The van der Waals surface area contributed by atoms with Gasteiger partial charge in [0.1, 0.15) is 0 Å². The van der Waals surface area contributed by atoms with Crippen molar-refractivity contribution in [2.45, 2.75) is 6.92 Å². The van der Waals surface area contributed by atoms with Gasteiger partial charge in [-0.05, 0) is 45.5 Å². The van der Waals surface area contributed by atoms with Crippen molar-refractivity contribution in [2.24, 2.45) is 0 Å². The number of hydrogen-bond acceptors (Lipinski definition) is 1. The Morgan fingerprint density at radius 1 is 0.500 bits per heavy atom. The lowest BCUT2D eigenvalue weighted by Crippen LogP contribution is -2.05. The number of rotatable bonds is 5. The standard InChI is InChI=1S/C28H23NO/c1-21(30)29-26-19-17-25(18-20-26)28(24-15-9-4-10-16-24)27(22-11-5-2-6-12-22)23-13-7-3-8-14-23/h2-20H,1H3,(H,29,30). The van der Waals surface area contributed by atoms with Gasteiger partial charge in [-0.1, -0.05) is 103 Å². The maximum atomic E-state index is 11.4. The number of carbonyl (C=O) groups is 1. The number of nitrogens with one attached hydrogen (secondary N) is 1. The molecule has 0 saturated heterocycles. The lowest BCUT2D eigenvalue weighted by Gasteiger charge is -2.18. The number of hydrogen-bond donors (Lipinski definition) is 1. The number of carbonyl (C=O) groups excluding carboxylic acids is 1. The second-order valence-corrected chi connectivity index (χ2v) is 7.11. The van der Waals surface area contributed by atoms with Crippen LogP contribution in [0.25, 0.3) is 11.1 Å². The first-order chi connectivity index (χ1) is 14.7. The van der Waals surface area contributed by atoms with Crippen LogP contribution in [0.5, 0.6) is 0 Å². The molecule has 2 heteroatoms. The van der Waals surface area contributed by atoms with E-state index in [-0.39, 0.29) is 5.91 Å². The van der Waals surface area contributed by atoms with Crippen LogP contribution in [-0.2, 0) is 4.79 Å². The second-order valence-electron chi connectivity index (χ2n) is 7.11. The average Bonchev–Trinajstić information content (AvgIpc) is 2.79. The Balaban J connectivity index is 1.99. The summed E-state index contributed by atoms with van der Waals surface area (Å²) in [6.07, 6.45) is 0. The molecule has 1 N–H and O–H groups in total. The number of amides is 1. The summed E-state index contributed by atoms with van der Waals surface area (Å²) in [5.41, 5.74) is 7.68. The molecule has 4 aromatic rings. The van der Waals surface area contributed by atoms with Gasteiger partial charge in [0.25, 0.3) is 0 Å². The lowest BCUT2D eigenvalue weighted by molar-refractivity contribution is -0.114. The van der Waals surface area contributed by atoms with E-state index in [1.807, 2.05) is 30.3 Å². The molecule has 0 spiro atoms. The van der Waals surface area contributed by atoms with Crippen molar-refractivity contribution in [3.63, 3.8) is 0 Å². The van der Waals surface area contributed by atoms with Gasteiger partial charge in [0.2, 0.25) is 5.91 Å². The summed E-state index contributed by atoms with van der Waals surface area (Å²) in [5, 5.41) is 2.85. The van der Waals surface area contributed by atoms with Crippen molar-refractivity contribution in [2.75, 3.05) is 5.32 Å². The Morgan fingerprint density at radius 2 is 0.833 bits per heavy atom. The maximum Gasteiger partial charge on any atom is 0.221 e. The van der Waals surface area contributed by atoms with Gasteiger partial charge in [0.15, 0.2) is 0 Å². The first kappa shape index (κ1) is 19.4. The van der Waals surface area contributed by atoms with Gasteiger partial charge in [-0.2, -0.15) is 0 Å². The first-order valence-corrected chi connectivity index (χ1v) is 10.0. The van der Waals surface area contributed by atoms with Crippen LogP contribution in [0.2, 0.25) is 0 Å². The van der Waals surface area contributed by atoms with Crippen LogP contribution in [0.1, 0.15) is 29.2 Å². The first-order valence-electron chi connectivity index (χ1n) is 10.0. The van der Waals surface area contributed by atoms with Crippen LogP contribution in [-0.4, -0.2) is 5.91 Å². The molecular weight excluding hydrogens is 366 g/mol. The van der Waals surface area contributed by atoms with E-state index in [0.29, 0.717) is 0 Å². The molecule has 0 unspecified atom stereocenters. The van der Waals surface area contributed by atoms with Gasteiger partial charge in [0, 0.05) is 12.6 Å². The molecule has 1 amide bonds. The Kier molecular flexibility index (Phi) is 5.86. The number of benzene rings is 4. The van der Waals surface area contributed by atoms with Gasteiger partial charge in [-0.15, -0.1) is 0 Å². The minimum absolute atomic E-state index is 0.0733. The van der Waals surface area contributed by atoms with E-state index in [0.717, 1.165) is 33.5 Å². The summed E-state index contributed by atoms with van der Waals surface area (Å²) in [7, 11) is 0. The molecule has 0 aliphatic heterocycles. The predicted octanol–water partition coefficient (Wildman–Crippen LogP) is 6.65. The zero-order valence-corrected chi connectivity index (χ0v) is 16.9. The summed E-state index contributed by atoms with van der Waals surface area (Å²) in [6.45, 7) is 1.52. The molecule has 0 aliphatic carbocycles. The van der Waals surface area contributed by atoms with E-state index in [4.69, 9.17) is 0 Å². The SMILES string of the molecule is CC(=O)Nc1ccc(C(=C(c2ccccc2)c2ccccc2)c2ccccc2)cc1. The monoisotopic (exact) mass is 389 g/mol. The summed E-state index contributed by atoms with van der Waals surface area (Å²) in [5.74, 6) is -0.0733. The van der Waals surface area contributed by atoms with Crippen LogP contribution in [0.15, 0.2) is 115 Å².